The molecular weight excluding hydrogens is 270 g/mol. The molecule has 0 spiro atoms. The molecule has 1 N–H and O–H groups in total. The molecule has 1 aliphatic rings. The van der Waals surface area contributed by atoms with Crippen LogP contribution in [-0.2, 0) is 14.4 Å². The first-order chi connectivity index (χ1) is 9.99. The van der Waals surface area contributed by atoms with Gasteiger partial charge in [-0.15, -0.1) is 0 Å². The van der Waals surface area contributed by atoms with Gasteiger partial charge in [-0.05, 0) is 30.2 Å². The fraction of sp³-hybridized carbons (Fsp3) is 0.333. The standard InChI is InChI=1S/C15H15N3O3/c1-10-6-14(20)18(15(21)7-10)9-13(19)17-12-4-2-11(8-16)3-5-12/h2-5,10H,6-7,9H2,1H3,(H,17,19). The second kappa shape index (κ2) is 6.18. The molecule has 1 aromatic carbocycles. The van der Waals surface area contributed by atoms with Crippen LogP contribution in [0.5, 0.6) is 0 Å². The van der Waals surface area contributed by atoms with Gasteiger partial charge < -0.3 is 5.32 Å². The summed E-state index contributed by atoms with van der Waals surface area (Å²) in [5.74, 6) is -1.03. The number of piperidine rings is 1. The van der Waals surface area contributed by atoms with Crippen LogP contribution < -0.4 is 5.32 Å². The number of likely N-dealkylation sites (tertiary alicyclic amines) is 1. The van der Waals surface area contributed by atoms with Crippen LogP contribution in [0, 0.1) is 17.2 Å². The Bertz CT molecular complexity index is 598. The van der Waals surface area contributed by atoms with Gasteiger partial charge in [-0.1, -0.05) is 6.92 Å². The summed E-state index contributed by atoms with van der Waals surface area (Å²) in [7, 11) is 0. The van der Waals surface area contributed by atoms with E-state index in [4.69, 9.17) is 5.26 Å². The van der Waals surface area contributed by atoms with Crippen molar-refractivity contribution in [1.82, 2.24) is 4.90 Å². The van der Waals surface area contributed by atoms with Gasteiger partial charge in [0.05, 0.1) is 11.6 Å². The Morgan fingerprint density at radius 1 is 1.29 bits per heavy atom. The monoisotopic (exact) mass is 285 g/mol. The van der Waals surface area contributed by atoms with Crippen LogP contribution in [0.4, 0.5) is 5.69 Å². The third kappa shape index (κ3) is 3.66. The zero-order valence-electron chi connectivity index (χ0n) is 11.6. The second-order valence-electron chi connectivity index (χ2n) is 5.12. The lowest BCUT2D eigenvalue weighted by molar-refractivity contribution is -0.151. The number of benzene rings is 1. The Kier molecular flexibility index (Phi) is 4.33. The lowest BCUT2D eigenvalue weighted by Crippen LogP contribution is -2.46. The molecule has 0 saturated carbocycles. The zero-order valence-corrected chi connectivity index (χ0v) is 11.6. The quantitative estimate of drug-likeness (QED) is 0.847. The van der Waals surface area contributed by atoms with Crippen molar-refractivity contribution in [2.75, 3.05) is 11.9 Å². The third-order valence-corrected chi connectivity index (χ3v) is 3.25. The summed E-state index contributed by atoms with van der Waals surface area (Å²) < 4.78 is 0. The molecule has 0 bridgehead atoms. The van der Waals surface area contributed by atoms with Gasteiger partial charge in [0.1, 0.15) is 6.54 Å². The van der Waals surface area contributed by atoms with E-state index in [1.165, 1.54) is 0 Å². The largest absolute Gasteiger partial charge is 0.325 e. The molecule has 2 rings (SSSR count). The summed E-state index contributed by atoms with van der Waals surface area (Å²) in [5.41, 5.74) is 1.01. The Balaban J connectivity index is 1.96. The number of hydrogen-bond acceptors (Lipinski definition) is 4. The number of carbonyl (C=O) groups is 3. The Labute approximate surface area is 122 Å². The third-order valence-electron chi connectivity index (χ3n) is 3.25. The van der Waals surface area contributed by atoms with E-state index in [0.29, 0.717) is 11.3 Å². The summed E-state index contributed by atoms with van der Waals surface area (Å²) in [6, 6.07) is 8.33. The summed E-state index contributed by atoms with van der Waals surface area (Å²) >= 11 is 0. The van der Waals surface area contributed by atoms with Crippen molar-refractivity contribution in [2.24, 2.45) is 5.92 Å². The first-order valence-electron chi connectivity index (χ1n) is 6.63. The van der Waals surface area contributed by atoms with Crippen molar-refractivity contribution in [3.8, 4) is 6.07 Å². The summed E-state index contributed by atoms with van der Waals surface area (Å²) in [6.07, 6.45) is 0.575. The maximum Gasteiger partial charge on any atom is 0.244 e. The van der Waals surface area contributed by atoms with Gasteiger partial charge in [0.15, 0.2) is 0 Å². The number of amides is 3. The highest BCUT2D eigenvalue weighted by Crippen LogP contribution is 2.18. The van der Waals surface area contributed by atoms with E-state index in [2.05, 4.69) is 5.32 Å². The first-order valence-corrected chi connectivity index (χ1v) is 6.63. The minimum absolute atomic E-state index is 0.0304. The van der Waals surface area contributed by atoms with Gasteiger partial charge in [-0.2, -0.15) is 5.26 Å². The van der Waals surface area contributed by atoms with Crippen molar-refractivity contribution in [1.29, 1.82) is 5.26 Å². The van der Waals surface area contributed by atoms with Crippen molar-refractivity contribution in [3.63, 3.8) is 0 Å². The van der Waals surface area contributed by atoms with Crippen LogP contribution in [0.15, 0.2) is 24.3 Å². The molecule has 108 valence electrons. The molecule has 1 fully saturated rings. The van der Waals surface area contributed by atoms with Crippen LogP contribution in [0.25, 0.3) is 0 Å². The van der Waals surface area contributed by atoms with E-state index >= 15 is 0 Å². The lowest BCUT2D eigenvalue weighted by atomic mass is 9.98. The molecule has 0 aliphatic carbocycles. The number of nitrogens with zero attached hydrogens (tertiary/aromatic N) is 2. The highest BCUT2D eigenvalue weighted by molar-refractivity contribution is 6.03. The number of anilines is 1. The Hall–Kier alpha value is -2.68. The maximum atomic E-state index is 11.9. The first kappa shape index (κ1) is 14.7. The fourth-order valence-electron chi connectivity index (χ4n) is 2.18. The van der Waals surface area contributed by atoms with Gasteiger partial charge in [0.2, 0.25) is 17.7 Å². The molecule has 1 aromatic rings. The van der Waals surface area contributed by atoms with Gasteiger partial charge in [0, 0.05) is 18.5 Å². The topological polar surface area (TPSA) is 90.3 Å². The second-order valence-corrected chi connectivity index (χ2v) is 5.12. The van der Waals surface area contributed by atoms with E-state index in [1.807, 2.05) is 13.0 Å². The molecule has 0 aromatic heterocycles. The van der Waals surface area contributed by atoms with Gasteiger partial charge >= 0.3 is 0 Å². The number of nitriles is 1. The van der Waals surface area contributed by atoms with Crippen molar-refractivity contribution < 1.29 is 14.4 Å². The Morgan fingerprint density at radius 2 is 1.86 bits per heavy atom. The normalized spacial score (nSPS) is 15.7. The fourth-order valence-corrected chi connectivity index (χ4v) is 2.18. The average Bonchev–Trinajstić information content (AvgIpc) is 2.43. The summed E-state index contributed by atoms with van der Waals surface area (Å²) in [5, 5.41) is 11.3. The number of carbonyl (C=O) groups excluding carboxylic acids is 3. The number of hydrogen-bond donors (Lipinski definition) is 1. The molecule has 1 heterocycles. The predicted octanol–water partition coefficient (Wildman–Crippen LogP) is 1.28. The van der Waals surface area contributed by atoms with E-state index < -0.39 is 5.91 Å². The molecule has 0 atom stereocenters. The smallest absolute Gasteiger partial charge is 0.244 e. The van der Waals surface area contributed by atoms with E-state index in [1.54, 1.807) is 24.3 Å². The van der Waals surface area contributed by atoms with Crippen LogP contribution >= 0.6 is 0 Å². The Morgan fingerprint density at radius 3 is 2.38 bits per heavy atom. The minimum atomic E-state index is -0.434. The highest BCUT2D eigenvalue weighted by atomic mass is 16.2. The van der Waals surface area contributed by atoms with Crippen LogP contribution in [-0.4, -0.2) is 29.2 Å². The average molecular weight is 285 g/mol. The number of imide groups is 1. The lowest BCUT2D eigenvalue weighted by Gasteiger charge is -2.27. The highest BCUT2D eigenvalue weighted by Gasteiger charge is 2.31. The maximum absolute atomic E-state index is 11.9. The number of nitrogens with one attached hydrogen (secondary N) is 1. The molecular formula is C15H15N3O3. The molecule has 1 aliphatic heterocycles. The van der Waals surface area contributed by atoms with Gasteiger partial charge in [-0.3, -0.25) is 19.3 Å². The minimum Gasteiger partial charge on any atom is -0.325 e. The van der Waals surface area contributed by atoms with Crippen molar-refractivity contribution >= 4 is 23.4 Å². The van der Waals surface area contributed by atoms with Gasteiger partial charge in [0.25, 0.3) is 0 Å². The molecule has 6 heteroatoms. The zero-order chi connectivity index (χ0) is 15.4. The van der Waals surface area contributed by atoms with Crippen LogP contribution in [0.2, 0.25) is 0 Å². The van der Waals surface area contributed by atoms with Crippen LogP contribution in [0.1, 0.15) is 25.3 Å². The summed E-state index contributed by atoms with van der Waals surface area (Å²) in [4.78, 5) is 36.4. The van der Waals surface area contributed by atoms with Crippen molar-refractivity contribution in [2.45, 2.75) is 19.8 Å². The molecule has 3 amide bonds. The van der Waals surface area contributed by atoms with Crippen LogP contribution in [0.3, 0.4) is 0 Å². The molecule has 6 nitrogen and oxygen atoms in total. The number of rotatable bonds is 3. The molecule has 0 radical (unpaired) electrons. The van der Waals surface area contributed by atoms with Crippen molar-refractivity contribution in [3.05, 3.63) is 29.8 Å². The summed E-state index contributed by atoms with van der Waals surface area (Å²) in [6.45, 7) is 1.56. The molecule has 21 heavy (non-hydrogen) atoms. The van der Waals surface area contributed by atoms with E-state index in [0.717, 1.165) is 4.90 Å². The predicted molar refractivity (Wildman–Crippen MR) is 74.9 cm³/mol. The molecule has 1 saturated heterocycles. The van der Waals surface area contributed by atoms with E-state index in [9.17, 15) is 14.4 Å². The van der Waals surface area contributed by atoms with Gasteiger partial charge in [-0.25, -0.2) is 0 Å². The van der Waals surface area contributed by atoms with E-state index in [-0.39, 0.29) is 37.1 Å². The molecule has 0 unspecified atom stereocenters. The SMILES string of the molecule is CC1CC(=O)N(CC(=O)Nc2ccc(C#N)cc2)C(=O)C1.